The number of hydrogen-bond donors (Lipinski definition) is 3. The quantitative estimate of drug-likeness (QED) is 0.536. The van der Waals surface area contributed by atoms with Gasteiger partial charge in [-0.15, -0.1) is 0 Å². The Hall–Kier alpha value is -1.00. The maximum Gasteiger partial charge on any atom is 0.194 e. The van der Waals surface area contributed by atoms with Crippen molar-refractivity contribution in [2.24, 2.45) is 5.73 Å². The van der Waals surface area contributed by atoms with Gasteiger partial charge >= 0.3 is 0 Å². The smallest absolute Gasteiger partial charge is 0.194 e. The normalized spacial score (nSPS) is 13.4. The molecule has 56 valence electrons. The second-order valence-electron chi connectivity index (χ2n) is 2.03. The molecule has 1 unspecified atom stereocenters. The molecule has 0 aliphatic rings. The Morgan fingerprint density at radius 1 is 1.70 bits per heavy atom. The van der Waals surface area contributed by atoms with Crippen molar-refractivity contribution < 1.29 is 9.52 Å². The molecule has 0 spiro atoms. The zero-order valence-electron chi connectivity index (χ0n) is 5.45. The van der Waals surface area contributed by atoms with E-state index < -0.39 is 6.04 Å². The molecule has 0 aromatic carbocycles. The Kier molecular flexibility index (Phi) is 1.94. The SMILES string of the molecule is Nc1occc1C(N)CO. The molecule has 0 bridgehead atoms. The number of aliphatic hydroxyl groups is 1. The van der Waals surface area contributed by atoms with Crippen molar-refractivity contribution in [1.29, 1.82) is 0 Å². The summed E-state index contributed by atoms with van der Waals surface area (Å²) in [4.78, 5) is 0. The highest BCUT2D eigenvalue weighted by Gasteiger charge is 2.09. The third-order valence-electron chi connectivity index (χ3n) is 1.32. The molecule has 1 atom stereocenters. The molecule has 5 N–H and O–H groups in total. The van der Waals surface area contributed by atoms with Crippen molar-refractivity contribution in [3.8, 4) is 0 Å². The van der Waals surface area contributed by atoms with Crippen molar-refractivity contribution in [3.63, 3.8) is 0 Å². The van der Waals surface area contributed by atoms with Gasteiger partial charge in [-0.05, 0) is 6.07 Å². The molecule has 0 fully saturated rings. The molecule has 1 aromatic heterocycles. The molecule has 1 heterocycles. The minimum Gasteiger partial charge on any atom is -0.449 e. The van der Waals surface area contributed by atoms with Gasteiger partial charge in [0.2, 0.25) is 0 Å². The molecule has 0 amide bonds. The third kappa shape index (κ3) is 1.12. The first-order valence-electron chi connectivity index (χ1n) is 2.95. The van der Waals surface area contributed by atoms with E-state index in [0.717, 1.165) is 0 Å². The highest BCUT2D eigenvalue weighted by molar-refractivity contribution is 5.38. The Morgan fingerprint density at radius 3 is 2.80 bits per heavy atom. The Morgan fingerprint density at radius 2 is 2.40 bits per heavy atom. The highest BCUT2D eigenvalue weighted by Crippen LogP contribution is 2.18. The minimum atomic E-state index is -0.432. The van der Waals surface area contributed by atoms with Gasteiger partial charge in [0.1, 0.15) is 0 Å². The van der Waals surface area contributed by atoms with Gasteiger partial charge in [0.15, 0.2) is 5.88 Å². The predicted molar refractivity (Wildman–Crippen MR) is 37.1 cm³/mol. The van der Waals surface area contributed by atoms with Crippen molar-refractivity contribution in [2.45, 2.75) is 6.04 Å². The van der Waals surface area contributed by atoms with E-state index in [9.17, 15) is 0 Å². The van der Waals surface area contributed by atoms with Crippen LogP contribution in [0.2, 0.25) is 0 Å². The van der Waals surface area contributed by atoms with E-state index in [1.54, 1.807) is 6.07 Å². The summed E-state index contributed by atoms with van der Waals surface area (Å²) in [6.07, 6.45) is 1.44. The number of nitrogen functional groups attached to an aromatic ring is 1. The van der Waals surface area contributed by atoms with E-state index in [4.69, 9.17) is 21.0 Å². The van der Waals surface area contributed by atoms with Gasteiger partial charge < -0.3 is 21.0 Å². The van der Waals surface area contributed by atoms with Crippen LogP contribution in [0.15, 0.2) is 16.7 Å². The van der Waals surface area contributed by atoms with Crippen LogP contribution < -0.4 is 11.5 Å². The highest BCUT2D eigenvalue weighted by atomic mass is 16.3. The lowest BCUT2D eigenvalue weighted by molar-refractivity contribution is 0.268. The first-order valence-corrected chi connectivity index (χ1v) is 2.95. The van der Waals surface area contributed by atoms with Crippen LogP contribution in [0.4, 0.5) is 5.88 Å². The number of aliphatic hydroxyl groups excluding tert-OH is 1. The molecule has 0 saturated carbocycles. The summed E-state index contributed by atoms with van der Waals surface area (Å²) >= 11 is 0. The zero-order chi connectivity index (χ0) is 7.56. The molecular formula is C6H10N2O2. The average Bonchev–Trinajstić information content (AvgIpc) is 2.34. The van der Waals surface area contributed by atoms with Crippen LogP contribution in [0, 0.1) is 0 Å². The van der Waals surface area contributed by atoms with Crippen molar-refractivity contribution in [2.75, 3.05) is 12.3 Å². The van der Waals surface area contributed by atoms with E-state index in [2.05, 4.69) is 0 Å². The maximum atomic E-state index is 8.61. The molecule has 1 aromatic rings. The standard InChI is InChI=1S/C6H10N2O2/c7-5(3-9)4-1-2-10-6(4)8/h1-2,5,9H,3,7-8H2. The molecule has 1 rings (SSSR count). The fourth-order valence-corrected chi connectivity index (χ4v) is 0.735. The van der Waals surface area contributed by atoms with Crippen LogP contribution in [0.5, 0.6) is 0 Å². The van der Waals surface area contributed by atoms with E-state index in [-0.39, 0.29) is 12.5 Å². The third-order valence-corrected chi connectivity index (χ3v) is 1.32. The molecule has 0 saturated heterocycles. The van der Waals surface area contributed by atoms with Gasteiger partial charge in [-0.2, -0.15) is 0 Å². The van der Waals surface area contributed by atoms with Crippen LogP contribution in [0.25, 0.3) is 0 Å². The minimum absolute atomic E-state index is 0.121. The first-order chi connectivity index (χ1) is 4.75. The number of hydrogen-bond acceptors (Lipinski definition) is 4. The van der Waals surface area contributed by atoms with Gasteiger partial charge in [-0.1, -0.05) is 0 Å². The van der Waals surface area contributed by atoms with E-state index in [0.29, 0.717) is 5.56 Å². The van der Waals surface area contributed by atoms with Gasteiger partial charge in [-0.25, -0.2) is 0 Å². The summed E-state index contributed by atoms with van der Waals surface area (Å²) < 4.78 is 4.77. The lowest BCUT2D eigenvalue weighted by atomic mass is 10.2. The molecular weight excluding hydrogens is 132 g/mol. The Balaban J connectivity index is 2.82. The topological polar surface area (TPSA) is 85.4 Å². The number of anilines is 1. The summed E-state index contributed by atoms with van der Waals surface area (Å²) in [5.41, 5.74) is 11.5. The van der Waals surface area contributed by atoms with Gasteiger partial charge in [0, 0.05) is 5.56 Å². The number of furan rings is 1. The van der Waals surface area contributed by atoms with Crippen LogP contribution in [-0.4, -0.2) is 11.7 Å². The van der Waals surface area contributed by atoms with Crippen molar-refractivity contribution >= 4 is 5.88 Å². The van der Waals surface area contributed by atoms with E-state index in [1.165, 1.54) is 6.26 Å². The number of rotatable bonds is 2. The Bertz CT molecular complexity index is 209. The van der Waals surface area contributed by atoms with E-state index >= 15 is 0 Å². The molecule has 0 aliphatic carbocycles. The first kappa shape index (κ1) is 7.11. The predicted octanol–water partition coefficient (Wildman–Crippen LogP) is -0.146. The monoisotopic (exact) mass is 142 g/mol. The van der Waals surface area contributed by atoms with Crippen LogP contribution in [-0.2, 0) is 0 Å². The largest absolute Gasteiger partial charge is 0.449 e. The second kappa shape index (κ2) is 2.72. The fourth-order valence-electron chi connectivity index (χ4n) is 0.735. The summed E-state index contributed by atoms with van der Waals surface area (Å²) in [5, 5.41) is 8.61. The lowest BCUT2D eigenvalue weighted by Gasteiger charge is -2.04. The molecule has 10 heavy (non-hydrogen) atoms. The van der Waals surface area contributed by atoms with Gasteiger partial charge in [0.05, 0.1) is 18.9 Å². The molecule has 4 heteroatoms. The van der Waals surface area contributed by atoms with Crippen LogP contribution in [0.1, 0.15) is 11.6 Å². The molecule has 0 radical (unpaired) electrons. The second-order valence-corrected chi connectivity index (χ2v) is 2.03. The van der Waals surface area contributed by atoms with Gasteiger partial charge in [-0.3, -0.25) is 0 Å². The summed E-state index contributed by atoms with van der Waals surface area (Å²) in [5.74, 6) is 0.279. The molecule has 4 nitrogen and oxygen atoms in total. The fraction of sp³-hybridized carbons (Fsp3) is 0.333. The van der Waals surface area contributed by atoms with E-state index in [1.807, 2.05) is 0 Å². The van der Waals surface area contributed by atoms with Crippen LogP contribution in [0.3, 0.4) is 0 Å². The average molecular weight is 142 g/mol. The zero-order valence-corrected chi connectivity index (χ0v) is 5.45. The van der Waals surface area contributed by atoms with Crippen molar-refractivity contribution in [3.05, 3.63) is 17.9 Å². The maximum absolute atomic E-state index is 8.61. The summed E-state index contributed by atoms with van der Waals surface area (Å²) in [6, 6.07) is 1.22. The van der Waals surface area contributed by atoms with Gasteiger partial charge in [0.25, 0.3) is 0 Å². The summed E-state index contributed by atoms with van der Waals surface area (Å²) in [7, 11) is 0. The van der Waals surface area contributed by atoms with Crippen molar-refractivity contribution in [1.82, 2.24) is 0 Å². The number of nitrogens with two attached hydrogens (primary N) is 2. The Labute approximate surface area is 58.4 Å². The summed E-state index contributed by atoms with van der Waals surface area (Å²) in [6.45, 7) is -0.121. The lowest BCUT2D eigenvalue weighted by Crippen LogP contribution is -2.14. The molecule has 0 aliphatic heterocycles. The van der Waals surface area contributed by atoms with Crippen LogP contribution >= 0.6 is 0 Å².